The van der Waals surface area contributed by atoms with Crippen LogP contribution >= 0.6 is 22.9 Å². The van der Waals surface area contributed by atoms with E-state index in [1.54, 1.807) is 6.20 Å². The summed E-state index contributed by atoms with van der Waals surface area (Å²) < 4.78 is 0.751. The Kier molecular flexibility index (Phi) is 3.99. The molecule has 2 heterocycles. The molecule has 0 aliphatic carbocycles. The lowest BCUT2D eigenvalue weighted by atomic mass is 10.1. The van der Waals surface area contributed by atoms with Gasteiger partial charge in [-0.3, -0.25) is 4.79 Å². The molecule has 5 heteroatoms. The summed E-state index contributed by atoms with van der Waals surface area (Å²) in [6.07, 6.45) is 1.79. The van der Waals surface area contributed by atoms with Gasteiger partial charge in [0.05, 0.1) is 16.4 Å². The first-order valence-electron chi connectivity index (χ1n) is 6.78. The van der Waals surface area contributed by atoms with E-state index in [0.29, 0.717) is 13.1 Å². The van der Waals surface area contributed by atoms with Gasteiger partial charge < -0.3 is 9.88 Å². The molecule has 3 nitrogen and oxygen atoms in total. The fourth-order valence-electron chi connectivity index (χ4n) is 2.37. The summed E-state index contributed by atoms with van der Waals surface area (Å²) in [5.74, 6) is 0.0412. The van der Waals surface area contributed by atoms with Crippen molar-refractivity contribution in [2.24, 2.45) is 0 Å². The first-order valence-corrected chi connectivity index (χ1v) is 7.98. The Balaban J connectivity index is 1.88. The van der Waals surface area contributed by atoms with Crippen LogP contribution in [0.15, 0.2) is 42.6 Å². The Morgan fingerprint density at radius 1 is 1.29 bits per heavy atom. The summed E-state index contributed by atoms with van der Waals surface area (Å²) in [7, 11) is 0. The number of thiophene rings is 1. The number of fused-ring (bicyclic) bond motifs is 1. The number of halogens is 1. The van der Waals surface area contributed by atoms with E-state index < -0.39 is 0 Å². The van der Waals surface area contributed by atoms with Crippen molar-refractivity contribution >= 4 is 39.7 Å². The van der Waals surface area contributed by atoms with Gasteiger partial charge in [0.25, 0.3) is 5.91 Å². The number of hydrogen-bond acceptors (Lipinski definition) is 2. The molecule has 21 heavy (non-hydrogen) atoms. The molecule has 0 aliphatic rings. The van der Waals surface area contributed by atoms with Crippen molar-refractivity contribution in [2.45, 2.75) is 13.5 Å². The van der Waals surface area contributed by atoms with Gasteiger partial charge in [-0.15, -0.1) is 11.3 Å². The molecule has 0 radical (unpaired) electrons. The fraction of sp³-hybridized carbons (Fsp3) is 0.188. The van der Waals surface area contributed by atoms with E-state index in [4.69, 9.17) is 11.6 Å². The normalized spacial score (nSPS) is 11.0. The second kappa shape index (κ2) is 5.92. The standard InChI is InChI=1S/C16H15ClN2OS/c1-2-19(10-11-7-8-15(17)21-11)16(20)13-9-18-14-6-4-3-5-12(13)14/h3-9,18H,2,10H2,1H3. The van der Waals surface area contributed by atoms with Gasteiger partial charge in [-0.05, 0) is 25.1 Å². The lowest BCUT2D eigenvalue weighted by Crippen LogP contribution is -2.29. The van der Waals surface area contributed by atoms with Crippen LogP contribution in [0.1, 0.15) is 22.2 Å². The van der Waals surface area contributed by atoms with E-state index >= 15 is 0 Å². The molecule has 0 fully saturated rings. The largest absolute Gasteiger partial charge is 0.360 e. The fourth-order valence-corrected chi connectivity index (χ4v) is 3.47. The van der Waals surface area contributed by atoms with Crippen molar-refractivity contribution in [1.29, 1.82) is 0 Å². The summed E-state index contributed by atoms with van der Waals surface area (Å²) in [6.45, 7) is 3.24. The van der Waals surface area contributed by atoms with E-state index in [9.17, 15) is 4.79 Å². The van der Waals surface area contributed by atoms with Crippen LogP contribution in [-0.4, -0.2) is 22.3 Å². The van der Waals surface area contributed by atoms with Gasteiger partial charge in [0, 0.05) is 28.5 Å². The minimum absolute atomic E-state index is 0.0412. The molecule has 0 saturated heterocycles. The van der Waals surface area contributed by atoms with Crippen LogP contribution < -0.4 is 0 Å². The second-order valence-corrected chi connectivity index (χ2v) is 6.57. The lowest BCUT2D eigenvalue weighted by Gasteiger charge is -2.19. The summed E-state index contributed by atoms with van der Waals surface area (Å²) in [5.41, 5.74) is 1.70. The Morgan fingerprint density at radius 3 is 2.81 bits per heavy atom. The summed E-state index contributed by atoms with van der Waals surface area (Å²) >= 11 is 7.47. The molecular formula is C16H15ClN2OS. The van der Waals surface area contributed by atoms with E-state index in [0.717, 1.165) is 25.7 Å². The van der Waals surface area contributed by atoms with Gasteiger partial charge in [-0.1, -0.05) is 29.8 Å². The number of rotatable bonds is 4. The number of hydrogen-bond donors (Lipinski definition) is 1. The van der Waals surface area contributed by atoms with Crippen molar-refractivity contribution in [3.63, 3.8) is 0 Å². The highest BCUT2D eigenvalue weighted by atomic mass is 35.5. The van der Waals surface area contributed by atoms with Gasteiger partial charge in [0.1, 0.15) is 0 Å². The number of carbonyl (C=O) groups excluding carboxylic acids is 1. The first-order chi connectivity index (χ1) is 10.2. The van der Waals surface area contributed by atoms with Crippen LogP contribution in [0, 0.1) is 0 Å². The van der Waals surface area contributed by atoms with Crippen molar-refractivity contribution < 1.29 is 4.79 Å². The van der Waals surface area contributed by atoms with Crippen molar-refractivity contribution in [1.82, 2.24) is 9.88 Å². The second-order valence-electron chi connectivity index (χ2n) is 4.77. The minimum Gasteiger partial charge on any atom is -0.360 e. The number of aromatic amines is 1. The number of amides is 1. The Labute approximate surface area is 132 Å². The number of nitrogens with zero attached hydrogens (tertiary/aromatic N) is 1. The molecular weight excluding hydrogens is 304 g/mol. The minimum atomic E-state index is 0.0412. The van der Waals surface area contributed by atoms with Crippen molar-refractivity contribution in [3.05, 3.63) is 57.4 Å². The van der Waals surface area contributed by atoms with E-state index in [2.05, 4.69) is 4.98 Å². The summed E-state index contributed by atoms with van der Waals surface area (Å²) in [4.78, 5) is 18.8. The molecule has 1 N–H and O–H groups in total. The zero-order valence-electron chi connectivity index (χ0n) is 11.6. The highest BCUT2D eigenvalue weighted by molar-refractivity contribution is 7.16. The quantitative estimate of drug-likeness (QED) is 0.753. The number of para-hydroxylation sites is 1. The topological polar surface area (TPSA) is 36.1 Å². The molecule has 0 unspecified atom stereocenters. The van der Waals surface area contributed by atoms with Crippen molar-refractivity contribution in [3.8, 4) is 0 Å². The molecule has 0 atom stereocenters. The third kappa shape index (κ3) is 2.82. The maximum atomic E-state index is 12.7. The SMILES string of the molecule is CCN(Cc1ccc(Cl)s1)C(=O)c1c[nH]c2ccccc12. The molecule has 108 valence electrons. The first kappa shape index (κ1) is 14.2. The lowest BCUT2D eigenvalue weighted by molar-refractivity contribution is 0.0756. The van der Waals surface area contributed by atoms with Crippen LogP contribution in [0.3, 0.4) is 0 Å². The van der Waals surface area contributed by atoms with Crippen molar-refractivity contribution in [2.75, 3.05) is 6.54 Å². The number of H-pyrrole nitrogens is 1. The maximum Gasteiger partial charge on any atom is 0.256 e. The van der Waals surface area contributed by atoms with Crippen LogP contribution in [0.5, 0.6) is 0 Å². The number of benzene rings is 1. The highest BCUT2D eigenvalue weighted by Gasteiger charge is 2.18. The van der Waals surface area contributed by atoms with Gasteiger partial charge in [0.2, 0.25) is 0 Å². The average Bonchev–Trinajstić information content (AvgIpc) is 3.10. The van der Waals surface area contributed by atoms with Gasteiger partial charge >= 0.3 is 0 Å². The van der Waals surface area contributed by atoms with Gasteiger partial charge in [-0.2, -0.15) is 0 Å². The highest BCUT2D eigenvalue weighted by Crippen LogP contribution is 2.24. The van der Waals surface area contributed by atoms with Crippen LogP contribution in [-0.2, 0) is 6.54 Å². The molecule has 0 aliphatic heterocycles. The predicted molar refractivity (Wildman–Crippen MR) is 88.0 cm³/mol. The Bertz CT molecular complexity index is 777. The summed E-state index contributed by atoms with van der Waals surface area (Å²) in [6, 6.07) is 11.7. The maximum absolute atomic E-state index is 12.7. The molecule has 1 amide bonds. The molecule has 3 rings (SSSR count). The molecule has 0 bridgehead atoms. The summed E-state index contributed by atoms with van der Waals surface area (Å²) in [5, 5.41) is 0.963. The van der Waals surface area contributed by atoms with Crippen LogP contribution in [0.25, 0.3) is 10.9 Å². The van der Waals surface area contributed by atoms with Crippen LogP contribution in [0.2, 0.25) is 4.34 Å². The Hall–Kier alpha value is -1.78. The molecule has 1 aromatic carbocycles. The molecule has 0 spiro atoms. The number of carbonyl (C=O) groups is 1. The molecule has 2 aromatic heterocycles. The number of nitrogens with one attached hydrogen (secondary N) is 1. The van der Waals surface area contributed by atoms with Gasteiger partial charge in [0.15, 0.2) is 0 Å². The third-order valence-corrected chi connectivity index (χ3v) is 4.68. The van der Waals surface area contributed by atoms with E-state index in [1.165, 1.54) is 11.3 Å². The average molecular weight is 319 g/mol. The Morgan fingerprint density at radius 2 is 2.10 bits per heavy atom. The zero-order valence-corrected chi connectivity index (χ0v) is 13.2. The molecule has 0 saturated carbocycles. The number of aromatic nitrogens is 1. The van der Waals surface area contributed by atoms with E-state index in [-0.39, 0.29) is 5.91 Å². The predicted octanol–water partition coefficient (Wildman–Crippen LogP) is 4.55. The molecule has 3 aromatic rings. The monoisotopic (exact) mass is 318 g/mol. The van der Waals surface area contributed by atoms with E-state index in [1.807, 2.05) is 48.2 Å². The third-order valence-electron chi connectivity index (χ3n) is 3.46. The van der Waals surface area contributed by atoms with Gasteiger partial charge in [-0.25, -0.2) is 0 Å². The smallest absolute Gasteiger partial charge is 0.256 e. The van der Waals surface area contributed by atoms with Crippen LogP contribution in [0.4, 0.5) is 0 Å². The zero-order chi connectivity index (χ0) is 14.8.